The highest BCUT2D eigenvalue weighted by molar-refractivity contribution is 7.09. The number of thiophene rings is 1. The van der Waals surface area contributed by atoms with Gasteiger partial charge >= 0.3 is 5.97 Å². The zero-order valence-corrected chi connectivity index (χ0v) is 18.0. The van der Waals surface area contributed by atoms with E-state index in [4.69, 9.17) is 9.73 Å². The molecule has 0 spiro atoms. The minimum Gasteiger partial charge on any atom is -0.469 e. The Labute approximate surface area is 176 Å². The third kappa shape index (κ3) is 6.03. The van der Waals surface area contributed by atoms with Crippen LogP contribution in [0.25, 0.3) is 0 Å². The van der Waals surface area contributed by atoms with Gasteiger partial charge in [-0.3, -0.25) is 9.79 Å². The smallest absolute Gasteiger partial charge is 0.308 e. The molecule has 0 bridgehead atoms. The first-order valence-corrected chi connectivity index (χ1v) is 11.1. The Kier molecular flexibility index (Phi) is 8.03. The van der Waals surface area contributed by atoms with Crippen LogP contribution < -0.4 is 5.32 Å². The molecule has 0 aliphatic carbocycles. The fraction of sp³-hybridized carbons (Fsp3) is 0.600. The molecule has 158 valence electrons. The Morgan fingerprint density at radius 2 is 2.24 bits per heavy atom. The Balaban J connectivity index is 1.57. The van der Waals surface area contributed by atoms with Gasteiger partial charge in [0.25, 0.3) is 0 Å². The number of hydrogen-bond donors (Lipinski definition) is 1. The van der Waals surface area contributed by atoms with Crippen LogP contribution in [0.4, 0.5) is 0 Å². The van der Waals surface area contributed by atoms with Crippen molar-refractivity contribution in [2.24, 2.45) is 10.9 Å². The molecule has 3 heterocycles. The molecule has 0 unspecified atom stereocenters. The van der Waals surface area contributed by atoms with E-state index in [1.807, 2.05) is 0 Å². The van der Waals surface area contributed by atoms with Gasteiger partial charge in [-0.15, -0.1) is 21.5 Å². The lowest BCUT2D eigenvalue weighted by Gasteiger charge is -2.33. The summed E-state index contributed by atoms with van der Waals surface area (Å²) in [5, 5.41) is 13.7. The highest BCUT2D eigenvalue weighted by Gasteiger charge is 2.27. The molecule has 0 atom stereocenters. The van der Waals surface area contributed by atoms with E-state index in [-0.39, 0.29) is 11.9 Å². The number of rotatable bonds is 8. The number of carbonyl (C=O) groups excluding carboxylic acids is 1. The average molecular weight is 419 g/mol. The molecule has 1 aliphatic rings. The summed E-state index contributed by atoms with van der Waals surface area (Å²) in [7, 11) is 1.46. The van der Waals surface area contributed by atoms with E-state index in [1.165, 1.54) is 12.0 Å². The molecule has 1 fully saturated rings. The standard InChI is InChI=1S/C20H30N6O2S/c1-3-18-24-23-15-26(18)13-10-22-20(21-9-6-17-5-4-14-29-17)25-11-7-16(8-12-25)19(27)28-2/h4-5,14-16H,3,6-13H2,1-2H3,(H,21,22). The maximum absolute atomic E-state index is 11.8. The molecule has 0 amide bonds. The largest absolute Gasteiger partial charge is 0.469 e. The Morgan fingerprint density at radius 1 is 1.41 bits per heavy atom. The molecular formula is C20H30N6O2S. The number of ether oxygens (including phenoxy) is 1. The minimum absolute atomic E-state index is 0.00671. The number of nitrogens with one attached hydrogen (secondary N) is 1. The second kappa shape index (κ2) is 10.9. The summed E-state index contributed by atoms with van der Waals surface area (Å²) in [5.41, 5.74) is 0. The van der Waals surface area contributed by atoms with Gasteiger partial charge in [-0.1, -0.05) is 13.0 Å². The van der Waals surface area contributed by atoms with E-state index in [1.54, 1.807) is 17.7 Å². The van der Waals surface area contributed by atoms with E-state index in [0.717, 1.165) is 70.2 Å². The van der Waals surface area contributed by atoms with Gasteiger partial charge in [0.2, 0.25) is 0 Å². The number of aliphatic imine (C=N–C) groups is 1. The summed E-state index contributed by atoms with van der Waals surface area (Å²) in [6, 6.07) is 4.22. The molecule has 3 rings (SSSR count). The monoisotopic (exact) mass is 418 g/mol. The van der Waals surface area contributed by atoms with Crippen molar-refractivity contribution < 1.29 is 9.53 Å². The SMILES string of the molecule is CCc1nncn1CCNC(=NCCc1cccs1)N1CCC(C(=O)OC)CC1. The molecule has 0 radical (unpaired) electrons. The molecule has 9 heteroatoms. The summed E-state index contributed by atoms with van der Waals surface area (Å²) in [6.07, 6.45) is 5.17. The van der Waals surface area contributed by atoms with Crippen molar-refractivity contribution in [3.63, 3.8) is 0 Å². The van der Waals surface area contributed by atoms with Crippen molar-refractivity contribution in [2.75, 3.05) is 33.3 Å². The van der Waals surface area contributed by atoms with Gasteiger partial charge < -0.3 is 19.5 Å². The first-order valence-electron chi connectivity index (χ1n) is 10.2. The molecule has 0 aromatic carbocycles. The van der Waals surface area contributed by atoms with Crippen molar-refractivity contribution in [3.8, 4) is 0 Å². The van der Waals surface area contributed by atoms with Crippen molar-refractivity contribution in [1.29, 1.82) is 0 Å². The number of likely N-dealkylation sites (tertiary alicyclic amines) is 1. The van der Waals surface area contributed by atoms with Gasteiger partial charge in [0.05, 0.1) is 13.0 Å². The molecule has 1 aliphatic heterocycles. The number of carbonyl (C=O) groups is 1. The summed E-state index contributed by atoms with van der Waals surface area (Å²) < 4.78 is 6.97. The summed E-state index contributed by atoms with van der Waals surface area (Å²) in [6.45, 7) is 5.97. The molecule has 1 N–H and O–H groups in total. The fourth-order valence-corrected chi connectivity index (χ4v) is 4.21. The van der Waals surface area contributed by atoms with Crippen LogP contribution in [0.3, 0.4) is 0 Å². The van der Waals surface area contributed by atoms with Gasteiger partial charge in [0.15, 0.2) is 5.96 Å². The van der Waals surface area contributed by atoms with Gasteiger partial charge in [0, 0.05) is 50.4 Å². The van der Waals surface area contributed by atoms with E-state index >= 15 is 0 Å². The number of aryl methyl sites for hydroxylation is 1. The number of hydrogen-bond acceptors (Lipinski definition) is 6. The number of aromatic nitrogens is 3. The molecular weight excluding hydrogens is 388 g/mol. The third-order valence-corrected chi connectivity index (χ3v) is 6.11. The molecule has 2 aromatic heterocycles. The quantitative estimate of drug-likeness (QED) is 0.401. The number of esters is 1. The number of guanidine groups is 1. The van der Waals surface area contributed by atoms with Gasteiger partial charge in [-0.05, 0) is 24.3 Å². The van der Waals surface area contributed by atoms with Crippen molar-refractivity contribution in [2.45, 2.75) is 39.2 Å². The van der Waals surface area contributed by atoms with Crippen molar-refractivity contribution in [1.82, 2.24) is 25.0 Å². The van der Waals surface area contributed by atoms with E-state index < -0.39 is 0 Å². The highest BCUT2D eigenvalue weighted by atomic mass is 32.1. The topological polar surface area (TPSA) is 84.6 Å². The number of nitrogens with zero attached hydrogens (tertiary/aromatic N) is 5. The van der Waals surface area contributed by atoms with E-state index in [9.17, 15) is 4.79 Å². The zero-order chi connectivity index (χ0) is 20.5. The van der Waals surface area contributed by atoms with Crippen LogP contribution in [0, 0.1) is 5.92 Å². The lowest BCUT2D eigenvalue weighted by Crippen LogP contribution is -2.47. The Hall–Kier alpha value is -2.42. The molecule has 2 aromatic rings. The van der Waals surface area contributed by atoms with Crippen LogP contribution >= 0.6 is 11.3 Å². The summed E-state index contributed by atoms with van der Waals surface area (Å²) in [4.78, 5) is 20.3. The van der Waals surface area contributed by atoms with Crippen LogP contribution in [-0.4, -0.2) is 64.9 Å². The van der Waals surface area contributed by atoms with Crippen molar-refractivity contribution >= 4 is 23.3 Å². The van der Waals surface area contributed by atoms with Crippen LogP contribution in [0.1, 0.15) is 30.5 Å². The number of piperidine rings is 1. The molecule has 0 saturated carbocycles. The third-order valence-electron chi connectivity index (χ3n) is 5.18. The van der Waals surface area contributed by atoms with Gasteiger partial charge in [-0.2, -0.15) is 0 Å². The maximum atomic E-state index is 11.8. The molecule has 29 heavy (non-hydrogen) atoms. The predicted octanol–water partition coefficient (Wildman–Crippen LogP) is 1.98. The summed E-state index contributed by atoms with van der Waals surface area (Å²) >= 11 is 1.76. The first kappa shape index (κ1) is 21.3. The minimum atomic E-state index is -0.103. The first-order chi connectivity index (χ1) is 14.2. The maximum Gasteiger partial charge on any atom is 0.308 e. The second-order valence-corrected chi connectivity index (χ2v) is 8.07. The Morgan fingerprint density at radius 3 is 2.93 bits per heavy atom. The van der Waals surface area contributed by atoms with Crippen LogP contribution in [-0.2, 0) is 28.9 Å². The van der Waals surface area contributed by atoms with Gasteiger partial charge in [-0.25, -0.2) is 0 Å². The average Bonchev–Trinajstić information content (AvgIpc) is 3.44. The van der Waals surface area contributed by atoms with Crippen LogP contribution in [0.5, 0.6) is 0 Å². The van der Waals surface area contributed by atoms with Crippen LogP contribution in [0.15, 0.2) is 28.8 Å². The predicted molar refractivity (Wildman–Crippen MR) is 114 cm³/mol. The fourth-order valence-electron chi connectivity index (χ4n) is 3.52. The highest BCUT2D eigenvalue weighted by Crippen LogP contribution is 2.18. The van der Waals surface area contributed by atoms with Gasteiger partial charge in [0.1, 0.15) is 12.2 Å². The Bertz CT molecular complexity index is 781. The normalized spacial score (nSPS) is 15.5. The zero-order valence-electron chi connectivity index (χ0n) is 17.2. The lowest BCUT2D eigenvalue weighted by molar-refractivity contribution is -0.146. The lowest BCUT2D eigenvalue weighted by atomic mass is 9.97. The molecule has 1 saturated heterocycles. The second-order valence-electron chi connectivity index (χ2n) is 7.04. The van der Waals surface area contributed by atoms with Crippen LogP contribution in [0.2, 0.25) is 0 Å². The number of methoxy groups -OCH3 is 1. The summed E-state index contributed by atoms with van der Waals surface area (Å²) in [5.74, 6) is 1.79. The van der Waals surface area contributed by atoms with Crippen molar-refractivity contribution in [3.05, 3.63) is 34.5 Å². The van der Waals surface area contributed by atoms with E-state index in [0.29, 0.717) is 0 Å². The van der Waals surface area contributed by atoms with E-state index in [2.05, 4.69) is 49.4 Å². The molecule has 8 nitrogen and oxygen atoms in total.